The number of aromatic amines is 1. The summed E-state index contributed by atoms with van der Waals surface area (Å²) in [5.74, 6) is 0.821. The van der Waals surface area contributed by atoms with Crippen molar-refractivity contribution in [3.8, 4) is 11.5 Å². The van der Waals surface area contributed by atoms with E-state index >= 15 is 0 Å². The van der Waals surface area contributed by atoms with Crippen LogP contribution < -0.4 is 5.32 Å². The third-order valence-corrected chi connectivity index (χ3v) is 2.24. The maximum absolute atomic E-state index is 4.31. The Balaban J connectivity index is 2.08. The van der Waals surface area contributed by atoms with Crippen LogP contribution >= 0.6 is 0 Å². The van der Waals surface area contributed by atoms with Gasteiger partial charge in [-0.2, -0.15) is 0 Å². The number of nitrogens with zero attached hydrogens (tertiary/aromatic N) is 2. The maximum atomic E-state index is 4.31. The Hall–Kier alpha value is -1.68. The van der Waals surface area contributed by atoms with Gasteiger partial charge in [0, 0.05) is 24.5 Å². The van der Waals surface area contributed by atoms with Crippen LogP contribution in [0, 0.1) is 0 Å². The molecular formula is C12H16N4. The van der Waals surface area contributed by atoms with Gasteiger partial charge in [0.2, 0.25) is 0 Å². The Morgan fingerprint density at radius 1 is 1.31 bits per heavy atom. The minimum absolute atomic E-state index is 0.474. The topological polar surface area (TPSA) is 53.6 Å². The van der Waals surface area contributed by atoms with Gasteiger partial charge < -0.3 is 10.3 Å². The van der Waals surface area contributed by atoms with Crippen molar-refractivity contribution in [2.24, 2.45) is 0 Å². The van der Waals surface area contributed by atoms with E-state index < -0.39 is 0 Å². The number of rotatable bonds is 4. The summed E-state index contributed by atoms with van der Waals surface area (Å²) in [5.41, 5.74) is 1.95. The number of hydrogen-bond acceptors (Lipinski definition) is 3. The van der Waals surface area contributed by atoms with E-state index in [2.05, 4.69) is 34.1 Å². The molecule has 84 valence electrons. The van der Waals surface area contributed by atoms with Crippen molar-refractivity contribution >= 4 is 0 Å². The molecule has 0 spiro atoms. The van der Waals surface area contributed by atoms with Gasteiger partial charge in [-0.25, -0.2) is 4.98 Å². The SMILES string of the molecule is CC(C)NCc1cnc(-c2ccccn2)[nH]1. The molecular weight excluding hydrogens is 200 g/mol. The number of imidazole rings is 1. The Labute approximate surface area is 95.1 Å². The van der Waals surface area contributed by atoms with Crippen molar-refractivity contribution in [1.29, 1.82) is 0 Å². The molecule has 0 unspecified atom stereocenters. The van der Waals surface area contributed by atoms with Crippen molar-refractivity contribution < 1.29 is 0 Å². The summed E-state index contributed by atoms with van der Waals surface area (Å²) in [4.78, 5) is 11.8. The number of nitrogens with one attached hydrogen (secondary N) is 2. The third-order valence-electron chi connectivity index (χ3n) is 2.24. The first-order valence-electron chi connectivity index (χ1n) is 5.44. The van der Waals surface area contributed by atoms with Crippen LogP contribution in [0.5, 0.6) is 0 Å². The molecule has 0 atom stereocenters. The van der Waals surface area contributed by atoms with E-state index in [9.17, 15) is 0 Å². The Morgan fingerprint density at radius 3 is 2.88 bits per heavy atom. The molecule has 0 aliphatic rings. The lowest BCUT2D eigenvalue weighted by molar-refractivity contribution is 0.583. The van der Waals surface area contributed by atoms with Crippen LogP contribution in [-0.2, 0) is 6.54 Å². The van der Waals surface area contributed by atoms with Crippen molar-refractivity contribution in [2.45, 2.75) is 26.4 Å². The lowest BCUT2D eigenvalue weighted by Crippen LogP contribution is -2.21. The van der Waals surface area contributed by atoms with E-state index in [1.54, 1.807) is 6.20 Å². The summed E-state index contributed by atoms with van der Waals surface area (Å²) in [6.07, 6.45) is 3.61. The molecule has 0 aromatic carbocycles. The van der Waals surface area contributed by atoms with Gasteiger partial charge in [-0.05, 0) is 12.1 Å². The zero-order chi connectivity index (χ0) is 11.4. The molecule has 0 fully saturated rings. The second-order valence-electron chi connectivity index (χ2n) is 4.01. The van der Waals surface area contributed by atoms with Crippen LogP contribution in [0.1, 0.15) is 19.5 Å². The number of H-pyrrole nitrogens is 1. The van der Waals surface area contributed by atoms with Crippen molar-refractivity contribution in [2.75, 3.05) is 0 Å². The van der Waals surface area contributed by atoms with Gasteiger partial charge in [-0.3, -0.25) is 4.98 Å². The Morgan fingerprint density at radius 2 is 2.19 bits per heavy atom. The predicted molar refractivity (Wildman–Crippen MR) is 63.8 cm³/mol. The lowest BCUT2D eigenvalue weighted by Gasteiger charge is -2.05. The molecule has 2 aromatic rings. The maximum Gasteiger partial charge on any atom is 0.156 e. The van der Waals surface area contributed by atoms with Gasteiger partial charge in [-0.15, -0.1) is 0 Å². The first-order chi connectivity index (χ1) is 7.75. The number of aromatic nitrogens is 3. The lowest BCUT2D eigenvalue weighted by atomic mass is 10.3. The summed E-state index contributed by atoms with van der Waals surface area (Å²) < 4.78 is 0. The second kappa shape index (κ2) is 4.90. The molecule has 4 heteroatoms. The van der Waals surface area contributed by atoms with Gasteiger partial charge in [0.05, 0.1) is 6.20 Å². The van der Waals surface area contributed by atoms with Crippen LogP contribution in [-0.4, -0.2) is 21.0 Å². The molecule has 2 rings (SSSR count). The quantitative estimate of drug-likeness (QED) is 0.821. The molecule has 0 aliphatic heterocycles. The average Bonchev–Trinajstić information content (AvgIpc) is 2.76. The number of pyridine rings is 1. The average molecular weight is 216 g/mol. The molecule has 2 heterocycles. The minimum Gasteiger partial charge on any atom is -0.339 e. The van der Waals surface area contributed by atoms with E-state index in [1.807, 2.05) is 24.4 Å². The summed E-state index contributed by atoms with van der Waals surface area (Å²) in [6.45, 7) is 5.05. The highest BCUT2D eigenvalue weighted by Gasteiger charge is 2.04. The fraction of sp³-hybridized carbons (Fsp3) is 0.333. The van der Waals surface area contributed by atoms with Crippen LogP contribution in [0.15, 0.2) is 30.6 Å². The first-order valence-corrected chi connectivity index (χ1v) is 5.44. The van der Waals surface area contributed by atoms with Crippen LogP contribution in [0.2, 0.25) is 0 Å². The predicted octanol–water partition coefficient (Wildman–Crippen LogP) is 1.97. The molecule has 0 aliphatic carbocycles. The molecule has 2 N–H and O–H groups in total. The van der Waals surface area contributed by atoms with Gasteiger partial charge in [0.1, 0.15) is 5.69 Å². The molecule has 0 saturated heterocycles. The van der Waals surface area contributed by atoms with E-state index in [4.69, 9.17) is 0 Å². The molecule has 0 amide bonds. The normalized spacial score (nSPS) is 10.9. The van der Waals surface area contributed by atoms with E-state index in [-0.39, 0.29) is 0 Å². The van der Waals surface area contributed by atoms with Gasteiger partial charge in [0.25, 0.3) is 0 Å². The van der Waals surface area contributed by atoms with Gasteiger partial charge in [-0.1, -0.05) is 19.9 Å². The van der Waals surface area contributed by atoms with E-state index in [0.29, 0.717) is 6.04 Å². The highest BCUT2D eigenvalue weighted by molar-refractivity contribution is 5.48. The second-order valence-corrected chi connectivity index (χ2v) is 4.01. The number of hydrogen-bond donors (Lipinski definition) is 2. The Bertz CT molecular complexity index is 433. The highest BCUT2D eigenvalue weighted by atomic mass is 15.0. The first kappa shape index (κ1) is 10.8. The van der Waals surface area contributed by atoms with Crippen molar-refractivity contribution in [3.05, 3.63) is 36.3 Å². The monoisotopic (exact) mass is 216 g/mol. The fourth-order valence-electron chi connectivity index (χ4n) is 1.40. The Kier molecular flexibility index (Phi) is 3.31. The smallest absolute Gasteiger partial charge is 0.156 e. The van der Waals surface area contributed by atoms with E-state index in [1.165, 1.54) is 0 Å². The van der Waals surface area contributed by atoms with Gasteiger partial charge in [0.15, 0.2) is 5.82 Å². The van der Waals surface area contributed by atoms with E-state index in [0.717, 1.165) is 23.8 Å². The summed E-state index contributed by atoms with van der Waals surface area (Å²) >= 11 is 0. The molecule has 0 radical (unpaired) electrons. The zero-order valence-corrected chi connectivity index (χ0v) is 9.57. The minimum atomic E-state index is 0.474. The zero-order valence-electron chi connectivity index (χ0n) is 9.57. The van der Waals surface area contributed by atoms with Crippen LogP contribution in [0.25, 0.3) is 11.5 Å². The fourth-order valence-corrected chi connectivity index (χ4v) is 1.40. The molecule has 2 aromatic heterocycles. The highest BCUT2D eigenvalue weighted by Crippen LogP contribution is 2.11. The summed E-state index contributed by atoms with van der Waals surface area (Å²) in [6, 6.07) is 6.27. The molecule has 0 saturated carbocycles. The summed E-state index contributed by atoms with van der Waals surface area (Å²) in [5, 5.41) is 3.33. The van der Waals surface area contributed by atoms with Crippen molar-refractivity contribution in [3.63, 3.8) is 0 Å². The van der Waals surface area contributed by atoms with Crippen molar-refractivity contribution in [1.82, 2.24) is 20.3 Å². The standard InChI is InChI=1S/C12H16N4/c1-9(2)14-7-10-8-15-12(16-10)11-5-3-4-6-13-11/h3-6,8-9,14H,7H2,1-2H3,(H,15,16). The molecule has 4 nitrogen and oxygen atoms in total. The molecule has 0 bridgehead atoms. The molecule has 16 heavy (non-hydrogen) atoms. The van der Waals surface area contributed by atoms with Crippen LogP contribution in [0.3, 0.4) is 0 Å². The largest absolute Gasteiger partial charge is 0.339 e. The van der Waals surface area contributed by atoms with Gasteiger partial charge >= 0.3 is 0 Å². The summed E-state index contributed by atoms with van der Waals surface area (Å²) in [7, 11) is 0. The van der Waals surface area contributed by atoms with Crippen LogP contribution in [0.4, 0.5) is 0 Å². The third kappa shape index (κ3) is 2.67.